The Hall–Kier alpha value is -3.23. The summed E-state index contributed by atoms with van der Waals surface area (Å²) in [4.78, 5) is 4.33. The first-order chi connectivity index (χ1) is 13.3. The highest BCUT2D eigenvalue weighted by molar-refractivity contribution is 7.19. The van der Waals surface area contributed by atoms with Gasteiger partial charge in [0.1, 0.15) is 5.01 Å². The zero-order valence-corrected chi connectivity index (χ0v) is 15.5. The molecular formula is C25H17NS. The van der Waals surface area contributed by atoms with Crippen LogP contribution in [0.25, 0.3) is 48.6 Å². The number of aromatic nitrogens is 1. The lowest BCUT2D eigenvalue weighted by Crippen LogP contribution is -1.82. The van der Waals surface area contributed by atoms with Gasteiger partial charge in [0, 0.05) is 0 Å². The number of fused-ring (bicyclic) bond motifs is 1. The fourth-order valence-corrected chi connectivity index (χ4v) is 4.46. The lowest BCUT2D eigenvalue weighted by molar-refractivity contribution is 1.46. The van der Waals surface area contributed by atoms with Crippen LogP contribution in [0.3, 0.4) is 0 Å². The molecular weight excluding hydrogens is 346 g/mol. The molecule has 0 N–H and O–H groups in total. The van der Waals surface area contributed by atoms with Gasteiger partial charge in [0.05, 0.1) is 10.2 Å². The van der Waals surface area contributed by atoms with E-state index in [2.05, 4.69) is 78.3 Å². The van der Waals surface area contributed by atoms with Gasteiger partial charge in [-0.3, -0.25) is 0 Å². The largest absolute Gasteiger partial charge is 0.237 e. The molecule has 0 saturated heterocycles. The molecule has 0 bridgehead atoms. The Balaban J connectivity index is 0.000000128. The number of rotatable bonds is 1. The molecule has 1 heterocycles. The van der Waals surface area contributed by atoms with E-state index in [1.165, 1.54) is 37.0 Å². The SMILES string of the molecule is C=Cc1nc2ccccc2s1.c1cc2ccc3cccc4ccc(c1)c2c34. The summed E-state index contributed by atoms with van der Waals surface area (Å²) in [5, 5.41) is 9.13. The average Bonchev–Trinajstić information content (AvgIpc) is 3.16. The van der Waals surface area contributed by atoms with Crippen LogP contribution in [-0.4, -0.2) is 4.98 Å². The van der Waals surface area contributed by atoms with E-state index in [1.54, 1.807) is 17.4 Å². The smallest absolute Gasteiger partial charge is 0.116 e. The minimum absolute atomic E-state index is 0.992. The van der Waals surface area contributed by atoms with E-state index < -0.39 is 0 Å². The maximum Gasteiger partial charge on any atom is 0.116 e. The number of para-hydroxylation sites is 1. The predicted octanol–water partition coefficient (Wildman–Crippen LogP) is 7.52. The zero-order chi connectivity index (χ0) is 18.2. The van der Waals surface area contributed by atoms with Crippen LogP contribution in [0.5, 0.6) is 0 Å². The van der Waals surface area contributed by atoms with Crippen LogP contribution in [0, 0.1) is 0 Å². The molecule has 0 radical (unpaired) electrons. The van der Waals surface area contributed by atoms with E-state index in [9.17, 15) is 0 Å². The third-order valence-corrected chi connectivity index (χ3v) is 5.91. The van der Waals surface area contributed by atoms with Gasteiger partial charge in [0.15, 0.2) is 0 Å². The summed E-state index contributed by atoms with van der Waals surface area (Å²) in [5.74, 6) is 0. The minimum atomic E-state index is 0.992. The summed E-state index contributed by atoms with van der Waals surface area (Å²) in [7, 11) is 0. The quantitative estimate of drug-likeness (QED) is 0.275. The maximum atomic E-state index is 4.33. The van der Waals surface area contributed by atoms with Gasteiger partial charge in [0.2, 0.25) is 0 Å². The fourth-order valence-electron chi connectivity index (χ4n) is 3.65. The van der Waals surface area contributed by atoms with Gasteiger partial charge < -0.3 is 0 Å². The Kier molecular flexibility index (Phi) is 3.84. The minimum Gasteiger partial charge on any atom is -0.237 e. The Labute approximate surface area is 161 Å². The number of hydrogen-bond acceptors (Lipinski definition) is 2. The molecule has 1 aromatic heterocycles. The van der Waals surface area contributed by atoms with Crippen molar-refractivity contribution in [3.8, 4) is 0 Å². The summed E-state index contributed by atoms with van der Waals surface area (Å²) in [6.45, 7) is 3.67. The van der Waals surface area contributed by atoms with Gasteiger partial charge in [-0.1, -0.05) is 79.4 Å². The topological polar surface area (TPSA) is 12.9 Å². The van der Waals surface area contributed by atoms with Gasteiger partial charge >= 0.3 is 0 Å². The second-order valence-electron chi connectivity index (χ2n) is 6.51. The molecule has 0 amide bonds. The van der Waals surface area contributed by atoms with Crippen LogP contribution in [0.2, 0.25) is 0 Å². The zero-order valence-electron chi connectivity index (χ0n) is 14.7. The van der Waals surface area contributed by atoms with Crippen molar-refractivity contribution in [2.75, 3.05) is 0 Å². The monoisotopic (exact) mass is 363 g/mol. The molecule has 0 unspecified atom stereocenters. The number of benzene rings is 5. The van der Waals surface area contributed by atoms with Gasteiger partial charge in [-0.2, -0.15) is 0 Å². The fraction of sp³-hybridized carbons (Fsp3) is 0. The van der Waals surface area contributed by atoms with E-state index in [1.807, 2.05) is 18.2 Å². The molecule has 0 aliphatic rings. The second-order valence-corrected chi connectivity index (χ2v) is 7.58. The second kappa shape index (κ2) is 6.49. The molecule has 6 rings (SSSR count). The number of hydrogen-bond donors (Lipinski definition) is 0. The number of thiazole rings is 1. The Morgan fingerprint density at radius 3 is 1.63 bits per heavy atom. The third kappa shape index (κ3) is 2.75. The van der Waals surface area contributed by atoms with Crippen molar-refractivity contribution in [1.82, 2.24) is 4.98 Å². The first kappa shape index (κ1) is 16.0. The van der Waals surface area contributed by atoms with E-state index in [-0.39, 0.29) is 0 Å². The predicted molar refractivity (Wildman–Crippen MR) is 120 cm³/mol. The molecule has 0 aliphatic heterocycles. The standard InChI is InChI=1S/C16H10.C9H7NS/c1-3-11-7-9-13-5-2-6-14-10-8-12(4-1)15(11)16(13)14;1-2-9-10-7-5-3-4-6-8(7)11-9/h1-10H;2-6H,1H2. The van der Waals surface area contributed by atoms with Crippen molar-refractivity contribution >= 4 is 59.9 Å². The highest BCUT2D eigenvalue weighted by Crippen LogP contribution is 2.33. The Morgan fingerprint density at radius 2 is 1.15 bits per heavy atom. The van der Waals surface area contributed by atoms with Crippen LogP contribution in [-0.2, 0) is 0 Å². The highest BCUT2D eigenvalue weighted by Gasteiger charge is 2.06. The van der Waals surface area contributed by atoms with Crippen molar-refractivity contribution < 1.29 is 0 Å². The summed E-state index contributed by atoms with van der Waals surface area (Å²) < 4.78 is 1.22. The Morgan fingerprint density at radius 1 is 0.630 bits per heavy atom. The molecule has 0 aliphatic carbocycles. The molecule has 0 spiro atoms. The number of nitrogens with zero attached hydrogens (tertiary/aromatic N) is 1. The molecule has 6 aromatic rings. The van der Waals surface area contributed by atoms with E-state index in [4.69, 9.17) is 0 Å². The normalized spacial score (nSPS) is 11.1. The summed E-state index contributed by atoms with van der Waals surface area (Å²) in [6.07, 6.45) is 1.78. The van der Waals surface area contributed by atoms with E-state index in [0.717, 1.165) is 10.5 Å². The van der Waals surface area contributed by atoms with Crippen LogP contribution in [0.15, 0.2) is 91.5 Å². The van der Waals surface area contributed by atoms with Gasteiger partial charge in [-0.25, -0.2) is 4.98 Å². The summed E-state index contributed by atoms with van der Waals surface area (Å²) >= 11 is 1.67. The van der Waals surface area contributed by atoms with Crippen LogP contribution in [0.4, 0.5) is 0 Å². The molecule has 0 fully saturated rings. The first-order valence-electron chi connectivity index (χ1n) is 8.94. The lowest BCUT2D eigenvalue weighted by atomic mass is 9.95. The van der Waals surface area contributed by atoms with Crippen molar-refractivity contribution in [2.24, 2.45) is 0 Å². The molecule has 27 heavy (non-hydrogen) atoms. The van der Waals surface area contributed by atoms with Crippen molar-refractivity contribution in [1.29, 1.82) is 0 Å². The molecule has 1 nitrogen and oxygen atoms in total. The molecule has 0 saturated carbocycles. The van der Waals surface area contributed by atoms with Crippen molar-refractivity contribution in [3.05, 3.63) is 96.5 Å². The Bertz CT molecular complexity index is 1230. The highest BCUT2D eigenvalue weighted by atomic mass is 32.1. The molecule has 0 atom stereocenters. The molecule has 128 valence electrons. The van der Waals surface area contributed by atoms with Gasteiger partial charge in [0.25, 0.3) is 0 Å². The average molecular weight is 363 g/mol. The summed E-state index contributed by atoms with van der Waals surface area (Å²) in [5.41, 5.74) is 1.06. The van der Waals surface area contributed by atoms with Crippen LogP contribution < -0.4 is 0 Å². The van der Waals surface area contributed by atoms with Crippen molar-refractivity contribution in [2.45, 2.75) is 0 Å². The van der Waals surface area contributed by atoms with Crippen LogP contribution >= 0.6 is 11.3 Å². The lowest BCUT2D eigenvalue weighted by Gasteiger charge is -2.09. The van der Waals surface area contributed by atoms with Crippen molar-refractivity contribution in [3.63, 3.8) is 0 Å². The van der Waals surface area contributed by atoms with Crippen LogP contribution in [0.1, 0.15) is 5.01 Å². The maximum absolute atomic E-state index is 4.33. The third-order valence-electron chi connectivity index (χ3n) is 4.88. The summed E-state index contributed by atoms with van der Waals surface area (Å²) in [6, 6.07) is 30.0. The van der Waals surface area contributed by atoms with Gasteiger partial charge in [-0.15, -0.1) is 11.3 Å². The van der Waals surface area contributed by atoms with Gasteiger partial charge in [-0.05, 0) is 50.5 Å². The van der Waals surface area contributed by atoms with E-state index in [0.29, 0.717) is 0 Å². The molecule has 2 heteroatoms. The molecule has 5 aromatic carbocycles. The first-order valence-corrected chi connectivity index (χ1v) is 9.76. The van der Waals surface area contributed by atoms with E-state index >= 15 is 0 Å².